The van der Waals surface area contributed by atoms with Crippen molar-refractivity contribution in [1.82, 2.24) is 14.8 Å². The number of hydrogen-bond donors (Lipinski definition) is 2. The van der Waals surface area contributed by atoms with Crippen molar-refractivity contribution in [3.8, 4) is 0 Å². The zero-order valence-corrected chi connectivity index (χ0v) is 11.9. The molecule has 1 saturated carbocycles. The van der Waals surface area contributed by atoms with Crippen LogP contribution < -0.4 is 5.73 Å². The van der Waals surface area contributed by atoms with Crippen molar-refractivity contribution in [2.45, 2.75) is 68.6 Å². The average molecular weight is 270 g/mol. The first-order chi connectivity index (χ1) is 8.63. The van der Waals surface area contributed by atoms with Crippen LogP contribution in [0.5, 0.6) is 0 Å². The summed E-state index contributed by atoms with van der Waals surface area (Å²) in [7, 11) is 0. The molecule has 2 rings (SSSR count). The SMILES string of the molecule is CC(C)n1c(CN)nnc1SC1CCCCC1O. The van der Waals surface area contributed by atoms with Gasteiger partial charge in [0.15, 0.2) is 5.16 Å². The highest BCUT2D eigenvalue weighted by atomic mass is 32.2. The van der Waals surface area contributed by atoms with Crippen LogP contribution in [0.15, 0.2) is 5.16 Å². The Balaban J connectivity index is 2.15. The third-order valence-electron chi connectivity index (χ3n) is 3.36. The Kier molecular flexibility index (Phi) is 4.64. The van der Waals surface area contributed by atoms with Crippen LogP contribution in [0.25, 0.3) is 0 Å². The van der Waals surface area contributed by atoms with Crippen LogP contribution >= 0.6 is 11.8 Å². The summed E-state index contributed by atoms with van der Waals surface area (Å²) in [6.07, 6.45) is 4.05. The fourth-order valence-corrected chi connectivity index (χ4v) is 3.76. The summed E-state index contributed by atoms with van der Waals surface area (Å²) in [6.45, 7) is 4.60. The van der Waals surface area contributed by atoms with Gasteiger partial charge in [0.1, 0.15) is 5.82 Å². The molecule has 6 heteroatoms. The summed E-state index contributed by atoms with van der Waals surface area (Å²) >= 11 is 1.65. The molecule has 3 N–H and O–H groups in total. The van der Waals surface area contributed by atoms with Gasteiger partial charge >= 0.3 is 0 Å². The predicted molar refractivity (Wildman–Crippen MR) is 72.4 cm³/mol. The molecule has 1 aromatic heterocycles. The molecule has 0 amide bonds. The van der Waals surface area contributed by atoms with Crippen LogP contribution in [0.3, 0.4) is 0 Å². The van der Waals surface area contributed by atoms with Crippen LogP contribution in [0, 0.1) is 0 Å². The second kappa shape index (κ2) is 6.04. The summed E-state index contributed by atoms with van der Waals surface area (Å²) in [5, 5.41) is 19.5. The molecule has 0 spiro atoms. The van der Waals surface area contributed by atoms with E-state index in [-0.39, 0.29) is 11.4 Å². The minimum atomic E-state index is -0.220. The molecule has 0 bridgehead atoms. The van der Waals surface area contributed by atoms with Gasteiger partial charge in [0, 0.05) is 11.3 Å². The number of nitrogens with two attached hydrogens (primary N) is 1. The zero-order valence-electron chi connectivity index (χ0n) is 11.0. The minimum Gasteiger partial charge on any atom is -0.392 e. The van der Waals surface area contributed by atoms with Gasteiger partial charge in [-0.2, -0.15) is 0 Å². The van der Waals surface area contributed by atoms with E-state index in [9.17, 15) is 5.11 Å². The van der Waals surface area contributed by atoms with Gasteiger partial charge in [0.05, 0.1) is 12.6 Å². The number of thioether (sulfide) groups is 1. The standard InChI is InChI=1S/C12H22N4OS/c1-8(2)16-11(7-13)14-15-12(16)18-10-6-4-3-5-9(10)17/h8-10,17H,3-7,13H2,1-2H3. The van der Waals surface area contributed by atoms with Gasteiger partial charge in [-0.1, -0.05) is 24.6 Å². The van der Waals surface area contributed by atoms with E-state index in [4.69, 9.17) is 5.73 Å². The quantitative estimate of drug-likeness (QED) is 0.871. The summed E-state index contributed by atoms with van der Waals surface area (Å²) in [5.41, 5.74) is 5.68. The molecule has 1 aliphatic rings. The maximum absolute atomic E-state index is 10.0. The molecule has 0 aromatic carbocycles. The topological polar surface area (TPSA) is 77.0 Å². The van der Waals surface area contributed by atoms with E-state index in [0.717, 1.165) is 30.2 Å². The first-order valence-corrected chi connectivity index (χ1v) is 7.50. The van der Waals surface area contributed by atoms with E-state index in [2.05, 4.69) is 28.6 Å². The zero-order chi connectivity index (χ0) is 13.1. The molecule has 1 fully saturated rings. The van der Waals surface area contributed by atoms with Gasteiger partial charge in [-0.3, -0.25) is 0 Å². The highest BCUT2D eigenvalue weighted by molar-refractivity contribution is 7.99. The number of aliphatic hydroxyl groups excluding tert-OH is 1. The van der Waals surface area contributed by atoms with Gasteiger partial charge < -0.3 is 15.4 Å². The fourth-order valence-electron chi connectivity index (χ4n) is 2.40. The fraction of sp³-hybridized carbons (Fsp3) is 0.833. The van der Waals surface area contributed by atoms with Crippen LogP contribution in [-0.2, 0) is 6.54 Å². The number of hydrogen-bond acceptors (Lipinski definition) is 5. The van der Waals surface area contributed by atoms with Crippen molar-refractivity contribution in [2.75, 3.05) is 0 Å². The molecule has 2 unspecified atom stereocenters. The van der Waals surface area contributed by atoms with Crippen molar-refractivity contribution < 1.29 is 5.11 Å². The first-order valence-electron chi connectivity index (χ1n) is 6.62. The second-order valence-corrected chi connectivity index (χ2v) is 6.28. The smallest absolute Gasteiger partial charge is 0.191 e. The normalized spacial score (nSPS) is 24.7. The van der Waals surface area contributed by atoms with E-state index < -0.39 is 0 Å². The monoisotopic (exact) mass is 270 g/mol. The van der Waals surface area contributed by atoms with E-state index in [0.29, 0.717) is 12.6 Å². The Morgan fingerprint density at radius 3 is 2.72 bits per heavy atom. The summed E-state index contributed by atoms with van der Waals surface area (Å²) < 4.78 is 2.08. The summed E-state index contributed by atoms with van der Waals surface area (Å²) in [6, 6.07) is 0.293. The number of rotatable bonds is 4. The Morgan fingerprint density at radius 1 is 1.39 bits per heavy atom. The van der Waals surface area contributed by atoms with Crippen LogP contribution in [-0.4, -0.2) is 31.2 Å². The van der Waals surface area contributed by atoms with Crippen molar-refractivity contribution in [1.29, 1.82) is 0 Å². The molecule has 1 aromatic rings. The van der Waals surface area contributed by atoms with Gasteiger partial charge in [-0.15, -0.1) is 10.2 Å². The van der Waals surface area contributed by atoms with E-state index in [1.54, 1.807) is 11.8 Å². The van der Waals surface area contributed by atoms with Crippen LogP contribution in [0.1, 0.15) is 51.4 Å². The second-order valence-electron chi connectivity index (χ2n) is 5.07. The van der Waals surface area contributed by atoms with Crippen molar-refractivity contribution in [2.24, 2.45) is 5.73 Å². The predicted octanol–water partition coefficient (Wildman–Crippen LogP) is 1.71. The Labute approximate surface area is 112 Å². The van der Waals surface area contributed by atoms with Gasteiger partial charge in [-0.25, -0.2) is 0 Å². The molecule has 0 aliphatic heterocycles. The average Bonchev–Trinajstić information content (AvgIpc) is 2.75. The van der Waals surface area contributed by atoms with Gasteiger partial charge in [-0.05, 0) is 26.7 Å². The Morgan fingerprint density at radius 2 is 2.11 bits per heavy atom. The lowest BCUT2D eigenvalue weighted by molar-refractivity contribution is 0.136. The maximum Gasteiger partial charge on any atom is 0.191 e. The largest absolute Gasteiger partial charge is 0.392 e. The Bertz CT molecular complexity index is 393. The molecule has 2 atom stereocenters. The van der Waals surface area contributed by atoms with Crippen LogP contribution in [0.4, 0.5) is 0 Å². The molecule has 0 radical (unpaired) electrons. The first kappa shape index (κ1) is 13.8. The van der Waals surface area contributed by atoms with Crippen LogP contribution in [0.2, 0.25) is 0 Å². The number of nitrogens with zero attached hydrogens (tertiary/aromatic N) is 3. The lowest BCUT2D eigenvalue weighted by Gasteiger charge is -2.27. The third kappa shape index (κ3) is 2.87. The van der Waals surface area contributed by atoms with Crippen molar-refractivity contribution >= 4 is 11.8 Å². The summed E-state index contributed by atoms with van der Waals surface area (Å²) in [5.74, 6) is 0.817. The summed E-state index contributed by atoms with van der Waals surface area (Å²) in [4.78, 5) is 0. The van der Waals surface area contributed by atoms with Gasteiger partial charge in [0.25, 0.3) is 0 Å². The lowest BCUT2D eigenvalue weighted by Crippen LogP contribution is -2.27. The molecule has 0 saturated heterocycles. The third-order valence-corrected chi connectivity index (χ3v) is 4.70. The van der Waals surface area contributed by atoms with E-state index in [1.807, 2.05) is 0 Å². The maximum atomic E-state index is 10.0. The Hall–Kier alpha value is -0.590. The molecule has 102 valence electrons. The van der Waals surface area contributed by atoms with Crippen molar-refractivity contribution in [3.05, 3.63) is 5.82 Å². The molecule has 18 heavy (non-hydrogen) atoms. The minimum absolute atomic E-state index is 0.220. The highest BCUT2D eigenvalue weighted by Gasteiger charge is 2.26. The van der Waals surface area contributed by atoms with Gasteiger partial charge in [0.2, 0.25) is 0 Å². The number of aliphatic hydroxyl groups is 1. The van der Waals surface area contributed by atoms with E-state index in [1.165, 1.54) is 6.42 Å². The van der Waals surface area contributed by atoms with E-state index >= 15 is 0 Å². The highest BCUT2D eigenvalue weighted by Crippen LogP contribution is 2.34. The van der Waals surface area contributed by atoms with Crippen molar-refractivity contribution in [3.63, 3.8) is 0 Å². The number of aromatic nitrogens is 3. The molecular weight excluding hydrogens is 248 g/mol. The lowest BCUT2D eigenvalue weighted by atomic mass is 9.97. The molecular formula is C12H22N4OS. The molecule has 1 heterocycles. The molecule has 1 aliphatic carbocycles. The molecule has 5 nitrogen and oxygen atoms in total.